The molecule has 0 aliphatic heterocycles. The predicted octanol–water partition coefficient (Wildman–Crippen LogP) is 3.46. The van der Waals surface area contributed by atoms with E-state index in [4.69, 9.17) is 9.84 Å². The lowest BCUT2D eigenvalue weighted by Crippen LogP contribution is -2.46. The number of ether oxygens (including phenoxy) is 1. The van der Waals surface area contributed by atoms with Gasteiger partial charge in [-0.2, -0.15) is 0 Å². The number of halogens is 3. The summed E-state index contributed by atoms with van der Waals surface area (Å²) in [4.78, 5) is 36.6. The highest BCUT2D eigenvalue weighted by atomic mass is 19.1. The molecule has 1 aromatic rings. The Bertz CT molecular complexity index is 727. The van der Waals surface area contributed by atoms with Crippen LogP contribution < -0.4 is 10.6 Å². The van der Waals surface area contributed by atoms with Crippen LogP contribution in [0.2, 0.25) is 0 Å². The van der Waals surface area contributed by atoms with Crippen molar-refractivity contribution in [2.24, 2.45) is 5.41 Å². The fraction of sp³-hybridized carbons (Fsp3) is 0.591. The van der Waals surface area contributed by atoms with E-state index < -0.39 is 43.5 Å². The number of carbonyl (C=O) groups excluding carboxylic acids is 2. The van der Waals surface area contributed by atoms with Gasteiger partial charge < -0.3 is 25.4 Å². The molecule has 1 rings (SSSR count). The zero-order valence-corrected chi connectivity index (χ0v) is 18.7. The summed E-state index contributed by atoms with van der Waals surface area (Å²) in [6, 6.07) is 8.71. The molecule has 0 bridgehead atoms. The second-order valence-electron chi connectivity index (χ2n) is 7.81. The van der Waals surface area contributed by atoms with Gasteiger partial charge in [0.05, 0.1) is 0 Å². The number of nitrogens with one attached hydrogen (secondary N) is 2. The summed E-state index contributed by atoms with van der Waals surface area (Å²) in [5.41, 5.74) is -1.49. The molecule has 8 nitrogen and oxygen atoms in total. The van der Waals surface area contributed by atoms with Crippen LogP contribution in [0.4, 0.5) is 22.8 Å². The lowest BCUT2D eigenvalue weighted by molar-refractivity contribution is -0.134. The van der Waals surface area contributed by atoms with Gasteiger partial charge in [-0.05, 0) is 31.7 Å². The van der Waals surface area contributed by atoms with Gasteiger partial charge in [-0.15, -0.1) is 0 Å². The fourth-order valence-electron chi connectivity index (χ4n) is 2.84. The van der Waals surface area contributed by atoms with Crippen molar-refractivity contribution in [2.45, 2.75) is 38.8 Å². The highest BCUT2D eigenvalue weighted by Gasteiger charge is 2.39. The first-order valence-corrected chi connectivity index (χ1v) is 10.7. The van der Waals surface area contributed by atoms with Crippen LogP contribution in [-0.4, -0.2) is 73.8 Å². The molecule has 186 valence electrons. The molecule has 33 heavy (non-hydrogen) atoms. The van der Waals surface area contributed by atoms with Gasteiger partial charge in [-0.1, -0.05) is 30.3 Å². The number of alkyl halides is 3. The van der Waals surface area contributed by atoms with Crippen molar-refractivity contribution in [3.63, 3.8) is 0 Å². The van der Waals surface area contributed by atoms with E-state index in [-0.39, 0.29) is 32.3 Å². The van der Waals surface area contributed by atoms with E-state index >= 15 is 0 Å². The fourth-order valence-corrected chi connectivity index (χ4v) is 2.84. The number of carboxylic acid groups (broad SMARTS) is 1. The Hall–Kier alpha value is -2.98. The monoisotopic (exact) mass is 475 g/mol. The third kappa shape index (κ3) is 10.0. The maximum atomic E-state index is 12.9. The van der Waals surface area contributed by atoms with E-state index in [1.54, 1.807) is 6.92 Å². The molecule has 0 aliphatic rings. The molecule has 3 N–H and O–H groups in total. The standard InChI is InChI=1S/C22H32F3N3O5/c1-17(27-20(30)31)9-12-28(21(32)33-13-18-7-3-2-4-8-18)11-6-5-10-26-19(29)22(14-23,15-24)16-25/h2-4,7-8,17,27H,5-6,9-16H2,1H3,(H,26,29)(H,30,31)/t17-/m1/s1. The van der Waals surface area contributed by atoms with E-state index in [0.717, 1.165) is 5.56 Å². The van der Waals surface area contributed by atoms with E-state index in [1.165, 1.54) is 4.90 Å². The Morgan fingerprint density at radius 2 is 1.70 bits per heavy atom. The third-order valence-electron chi connectivity index (χ3n) is 5.05. The molecule has 0 radical (unpaired) electrons. The number of hydrogen-bond acceptors (Lipinski definition) is 4. The van der Waals surface area contributed by atoms with Crippen LogP contribution in [0.3, 0.4) is 0 Å². The van der Waals surface area contributed by atoms with Crippen molar-refractivity contribution < 1.29 is 37.4 Å². The first-order chi connectivity index (χ1) is 15.8. The molecule has 0 fully saturated rings. The Balaban J connectivity index is 2.55. The predicted molar refractivity (Wildman–Crippen MR) is 116 cm³/mol. The molecule has 0 heterocycles. The zero-order chi connectivity index (χ0) is 24.7. The largest absolute Gasteiger partial charge is 0.465 e. The van der Waals surface area contributed by atoms with Crippen molar-refractivity contribution >= 4 is 18.1 Å². The molecular formula is C22H32F3N3O5. The van der Waals surface area contributed by atoms with Crippen LogP contribution in [0.1, 0.15) is 31.7 Å². The van der Waals surface area contributed by atoms with Gasteiger partial charge in [0.1, 0.15) is 32.0 Å². The molecule has 1 aromatic carbocycles. The lowest BCUT2D eigenvalue weighted by Gasteiger charge is -2.24. The van der Waals surface area contributed by atoms with Gasteiger partial charge in [0.25, 0.3) is 0 Å². The second kappa shape index (κ2) is 15.0. The number of nitrogens with zero attached hydrogens (tertiary/aromatic N) is 1. The van der Waals surface area contributed by atoms with Gasteiger partial charge in [0.2, 0.25) is 5.91 Å². The Labute approximate surface area is 191 Å². The number of amides is 3. The number of benzene rings is 1. The minimum atomic E-state index is -2.31. The third-order valence-corrected chi connectivity index (χ3v) is 5.05. The molecule has 0 saturated carbocycles. The zero-order valence-electron chi connectivity index (χ0n) is 18.7. The number of rotatable bonds is 15. The average Bonchev–Trinajstić information content (AvgIpc) is 2.81. The highest BCUT2D eigenvalue weighted by molar-refractivity contribution is 5.83. The van der Waals surface area contributed by atoms with Crippen LogP contribution in [0.25, 0.3) is 0 Å². The second-order valence-corrected chi connectivity index (χ2v) is 7.81. The summed E-state index contributed by atoms with van der Waals surface area (Å²) < 4.78 is 44.1. The minimum absolute atomic E-state index is 0.0600. The maximum absolute atomic E-state index is 12.9. The molecule has 0 unspecified atom stereocenters. The van der Waals surface area contributed by atoms with Crippen LogP contribution in [-0.2, 0) is 16.1 Å². The summed E-state index contributed by atoms with van der Waals surface area (Å²) in [5, 5.41) is 13.4. The summed E-state index contributed by atoms with van der Waals surface area (Å²) in [6.07, 6.45) is -0.581. The van der Waals surface area contributed by atoms with E-state index in [9.17, 15) is 27.6 Å². The lowest BCUT2D eigenvalue weighted by atomic mass is 9.92. The first kappa shape index (κ1) is 28.1. The van der Waals surface area contributed by atoms with Gasteiger partial charge in [-0.3, -0.25) is 4.79 Å². The van der Waals surface area contributed by atoms with Gasteiger partial charge in [0.15, 0.2) is 0 Å². The van der Waals surface area contributed by atoms with E-state index in [0.29, 0.717) is 19.3 Å². The highest BCUT2D eigenvalue weighted by Crippen LogP contribution is 2.20. The SMILES string of the molecule is C[C@H](CCN(CCCCNC(=O)C(CF)(CF)CF)C(=O)OCc1ccccc1)NC(=O)O. The summed E-state index contributed by atoms with van der Waals surface area (Å²) >= 11 is 0. The van der Waals surface area contributed by atoms with Crippen molar-refractivity contribution in [1.82, 2.24) is 15.5 Å². The first-order valence-electron chi connectivity index (χ1n) is 10.7. The Kier molecular flexibility index (Phi) is 12.7. The van der Waals surface area contributed by atoms with Crippen LogP contribution in [0, 0.1) is 5.41 Å². The van der Waals surface area contributed by atoms with Crippen LogP contribution >= 0.6 is 0 Å². The van der Waals surface area contributed by atoms with Gasteiger partial charge in [-0.25, -0.2) is 22.8 Å². The molecule has 0 aliphatic carbocycles. The molecule has 3 amide bonds. The van der Waals surface area contributed by atoms with E-state index in [2.05, 4.69) is 10.6 Å². The molecule has 0 saturated heterocycles. The quantitative estimate of drug-likeness (QED) is 0.337. The minimum Gasteiger partial charge on any atom is -0.465 e. The molecular weight excluding hydrogens is 443 g/mol. The Morgan fingerprint density at radius 1 is 1.06 bits per heavy atom. The van der Waals surface area contributed by atoms with Crippen molar-refractivity contribution in [3.05, 3.63) is 35.9 Å². The molecule has 0 aromatic heterocycles. The summed E-state index contributed by atoms with van der Waals surface area (Å²) in [6.45, 7) is -2.01. The summed E-state index contributed by atoms with van der Waals surface area (Å²) in [7, 11) is 0. The smallest absolute Gasteiger partial charge is 0.410 e. The normalized spacial score (nSPS) is 12.0. The van der Waals surface area contributed by atoms with Crippen molar-refractivity contribution in [1.29, 1.82) is 0 Å². The molecule has 0 spiro atoms. The topological polar surface area (TPSA) is 108 Å². The summed E-state index contributed by atoms with van der Waals surface area (Å²) in [5.74, 6) is -1.03. The molecule has 11 heteroatoms. The van der Waals surface area contributed by atoms with Crippen molar-refractivity contribution in [3.8, 4) is 0 Å². The van der Waals surface area contributed by atoms with Gasteiger partial charge in [0, 0.05) is 25.7 Å². The Morgan fingerprint density at radius 3 is 2.27 bits per heavy atom. The van der Waals surface area contributed by atoms with Gasteiger partial charge >= 0.3 is 12.2 Å². The number of unbranched alkanes of at least 4 members (excludes halogenated alkanes) is 1. The van der Waals surface area contributed by atoms with Crippen LogP contribution in [0.15, 0.2) is 30.3 Å². The number of carbonyl (C=O) groups is 3. The van der Waals surface area contributed by atoms with Crippen molar-refractivity contribution in [2.75, 3.05) is 39.7 Å². The number of hydrogen-bond donors (Lipinski definition) is 3. The average molecular weight is 476 g/mol. The van der Waals surface area contributed by atoms with Crippen LogP contribution in [0.5, 0.6) is 0 Å². The molecule has 1 atom stereocenters. The maximum Gasteiger partial charge on any atom is 0.410 e. The van der Waals surface area contributed by atoms with E-state index in [1.807, 2.05) is 30.3 Å².